The van der Waals surface area contributed by atoms with Crippen molar-refractivity contribution in [2.45, 2.75) is 19.3 Å². The predicted octanol–water partition coefficient (Wildman–Crippen LogP) is 12.5. The zero-order valence-electron chi connectivity index (χ0n) is 32.3. The Morgan fingerprint density at radius 2 is 1.00 bits per heavy atom. The highest BCUT2D eigenvalue weighted by atomic mass is 15.0. The van der Waals surface area contributed by atoms with E-state index in [-0.39, 0.29) is 5.41 Å². The van der Waals surface area contributed by atoms with Gasteiger partial charge in [0.25, 0.3) is 0 Å². The molecule has 7 aromatic carbocycles. The molecule has 276 valence electrons. The second kappa shape index (κ2) is 14.2. The Morgan fingerprint density at radius 1 is 0.441 bits per heavy atom. The van der Waals surface area contributed by atoms with Crippen LogP contribution in [0, 0.1) is 22.7 Å². The summed E-state index contributed by atoms with van der Waals surface area (Å²) < 4.78 is 0. The van der Waals surface area contributed by atoms with Crippen LogP contribution in [0.4, 0.5) is 0 Å². The second-order valence-electron chi connectivity index (χ2n) is 15.4. The van der Waals surface area contributed by atoms with Crippen molar-refractivity contribution >= 4 is 10.8 Å². The van der Waals surface area contributed by atoms with Crippen LogP contribution in [0.25, 0.3) is 89.4 Å². The molecule has 0 bridgehead atoms. The van der Waals surface area contributed by atoms with Crippen molar-refractivity contribution in [3.8, 4) is 90.8 Å². The SMILES string of the molecule is CC1(C)c2cc(-c3cc(-c4cccnc4)cc(-c4nc(-c5ccccc5)nc(-c5ccc(-c6ccccc6)cc5)n4)c3)ccc2-c2cc3cc(C#N)cc(C#N)c3cc21. The minimum Gasteiger partial charge on any atom is -0.264 e. The fourth-order valence-electron chi connectivity index (χ4n) is 8.35. The number of nitrogens with zero attached hydrogens (tertiary/aromatic N) is 6. The van der Waals surface area contributed by atoms with Gasteiger partial charge in [-0.15, -0.1) is 0 Å². The number of hydrogen-bond donors (Lipinski definition) is 0. The van der Waals surface area contributed by atoms with Crippen LogP contribution in [-0.4, -0.2) is 19.9 Å². The van der Waals surface area contributed by atoms with Crippen LogP contribution in [0.3, 0.4) is 0 Å². The van der Waals surface area contributed by atoms with Crippen molar-refractivity contribution in [1.29, 1.82) is 10.5 Å². The smallest absolute Gasteiger partial charge is 0.164 e. The van der Waals surface area contributed by atoms with Gasteiger partial charge in [-0.1, -0.05) is 117 Å². The van der Waals surface area contributed by atoms with Gasteiger partial charge in [0.15, 0.2) is 17.5 Å². The molecule has 6 nitrogen and oxygen atoms in total. The lowest BCUT2D eigenvalue weighted by molar-refractivity contribution is 0.661. The van der Waals surface area contributed by atoms with Crippen molar-refractivity contribution in [2.24, 2.45) is 0 Å². The molecule has 0 amide bonds. The number of hydrogen-bond acceptors (Lipinski definition) is 6. The summed E-state index contributed by atoms with van der Waals surface area (Å²) in [6.45, 7) is 4.48. The molecule has 1 aliphatic rings. The van der Waals surface area contributed by atoms with E-state index in [2.05, 4.69) is 122 Å². The van der Waals surface area contributed by atoms with E-state index in [1.165, 1.54) is 5.56 Å². The Balaban J connectivity index is 1.12. The minimum atomic E-state index is -0.344. The molecular formula is C53H34N6. The lowest BCUT2D eigenvalue weighted by atomic mass is 9.80. The van der Waals surface area contributed by atoms with Crippen molar-refractivity contribution in [3.63, 3.8) is 0 Å². The monoisotopic (exact) mass is 754 g/mol. The summed E-state index contributed by atoms with van der Waals surface area (Å²) in [5.41, 5.74) is 14.2. The van der Waals surface area contributed by atoms with Crippen LogP contribution in [0.5, 0.6) is 0 Å². The molecule has 2 heterocycles. The summed E-state index contributed by atoms with van der Waals surface area (Å²) in [6.07, 6.45) is 3.66. The molecule has 0 radical (unpaired) electrons. The van der Waals surface area contributed by atoms with Gasteiger partial charge in [0.2, 0.25) is 0 Å². The molecule has 0 aliphatic heterocycles. The average molecular weight is 755 g/mol. The normalized spacial score (nSPS) is 12.3. The third kappa shape index (κ3) is 6.30. The highest BCUT2D eigenvalue weighted by molar-refractivity contribution is 5.97. The molecule has 0 saturated heterocycles. The minimum absolute atomic E-state index is 0.344. The first-order valence-corrected chi connectivity index (χ1v) is 19.5. The summed E-state index contributed by atoms with van der Waals surface area (Å²) in [5, 5.41) is 21.4. The highest BCUT2D eigenvalue weighted by Gasteiger charge is 2.36. The van der Waals surface area contributed by atoms with Gasteiger partial charge in [0.05, 0.1) is 23.3 Å². The summed E-state index contributed by atoms with van der Waals surface area (Å²) >= 11 is 0. The molecule has 0 spiro atoms. The second-order valence-corrected chi connectivity index (χ2v) is 15.4. The summed E-state index contributed by atoms with van der Waals surface area (Å²) in [7, 11) is 0. The van der Waals surface area contributed by atoms with Gasteiger partial charge < -0.3 is 0 Å². The molecule has 9 aromatic rings. The molecule has 0 unspecified atom stereocenters. The largest absolute Gasteiger partial charge is 0.264 e. The number of nitriles is 2. The molecule has 0 atom stereocenters. The number of benzene rings is 7. The van der Waals surface area contributed by atoms with Gasteiger partial charge in [-0.05, 0) is 115 Å². The molecule has 10 rings (SSSR count). The van der Waals surface area contributed by atoms with Crippen LogP contribution in [0.1, 0.15) is 36.1 Å². The molecule has 0 saturated carbocycles. The molecule has 6 heteroatoms. The molecular weight excluding hydrogens is 721 g/mol. The van der Waals surface area contributed by atoms with Crippen LogP contribution < -0.4 is 0 Å². The molecule has 1 aliphatic carbocycles. The molecule has 0 fully saturated rings. The summed E-state index contributed by atoms with van der Waals surface area (Å²) in [6, 6.07) is 58.3. The van der Waals surface area contributed by atoms with Gasteiger partial charge in [-0.2, -0.15) is 10.5 Å². The fraction of sp³-hybridized carbons (Fsp3) is 0.0566. The first-order chi connectivity index (χ1) is 28.9. The maximum absolute atomic E-state index is 10.00. The Morgan fingerprint density at radius 3 is 1.66 bits per heavy atom. The van der Waals surface area contributed by atoms with Crippen molar-refractivity contribution < 1.29 is 0 Å². The van der Waals surface area contributed by atoms with E-state index >= 15 is 0 Å². The number of pyridine rings is 1. The zero-order valence-corrected chi connectivity index (χ0v) is 32.3. The first-order valence-electron chi connectivity index (χ1n) is 19.5. The lowest BCUT2D eigenvalue weighted by Gasteiger charge is -2.22. The Hall–Kier alpha value is -8.06. The third-order valence-corrected chi connectivity index (χ3v) is 11.4. The van der Waals surface area contributed by atoms with Crippen molar-refractivity contribution in [2.75, 3.05) is 0 Å². The number of rotatable bonds is 6. The quantitative estimate of drug-likeness (QED) is 0.168. The van der Waals surface area contributed by atoms with Crippen molar-refractivity contribution in [3.05, 3.63) is 192 Å². The maximum atomic E-state index is 10.00. The summed E-state index contributed by atoms with van der Waals surface area (Å²) in [4.78, 5) is 19.7. The lowest BCUT2D eigenvalue weighted by Crippen LogP contribution is -2.15. The number of aromatic nitrogens is 4. The molecule has 2 aromatic heterocycles. The van der Waals surface area contributed by atoms with Crippen LogP contribution in [-0.2, 0) is 5.41 Å². The third-order valence-electron chi connectivity index (χ3n) is 11.4. The van der Waals surface area contributed by atoms with Gasteiger partial charge in [0, 0.05) is 40.1 Å². The topological polar surface area (TPSA) is 99.1 Å². The summed E-state index contributed by atoms with van der Waals surface area (Å²) in [5.74, 6) is 1.75. The maximum Gasteiger partial charge on any atom is 0.164 e. The Bertz CT molecular complexity index is 3180. The van der Waals surface area contributed by atoms with E-state index in [4.69, 9.17) is 15.0 Å². The van der Waals surface area contributed by atoms with Gasteiger partial charge in [0.1, 0.15) is 0 Å². The average Bonchev–Trinajstić information content (AvgIpc) is 3.52. The Labute approximate surface area is 342 Å². The van der Waals surface area contributed by atoms with Crippen LogP contribution >= 0.6 is 0 Å². The fourth-order valence-corrected chi connectivity index (χ4v) is 8.35. The van der Waals surface area contributed by atoms with E-state index in [0.29, 0.717) is 28.6 Å². The highest BCUT2D eigenvalue weighted by Crippen LogP contribution is 2.51. The van der Waals surface area contributed by atoms with Gasteiger partial charge in [-0.25, -0.2) is 15.0 Å². The van der Waals surface area contributed by atoms with E-state index < -0.39 is 0 Å². The zero-order chi connectivity index (χ0) is 40.1. The van der Waals surface area contributed by atoms with E-state index in [9.17, 15) is 10.5 Å². The molecule has 0 N–H and O–H groups in total. The van der Waals surface area contributed by atoms with E-state index in [0.717, 1.165) is 77.5 Å². The van der Waals surface area contributed by atoms with Gasteiger partial charge in [-0.3, -0.25) is 4.98 Å². The van der Waals surface area contributed by atoms with E-state index in [1.54, 1.807) is 12.3 Å². The van der Waals surface area contributed by atoms with Crippen LogP contribution in [0.2, 0.25) is 0 Å². The van der Waals surface area contributed by atoms with E-state index in [1.807, 2.05) is 66.9 Å². The van der Waals surface area contributed by atoms with Crippen LogP contribution in [0.15, 0.2) is 170 Å². The van der Waals surface area contributed by atoms with Crippen molar-refractivity contribution in [1.82, 2.24) is 19.9 Å². The van der Waals surface area contributed by atoms with Gasteiger partial charge >= 0.3 is 0 Å². The predicted molar refractivity (Wildman–Crippen MR) is 235 cm³/mol. The molecule has 59 heavy (non-hydrogen) atoms. The standard InChI is InChI=1S/C53H34N6/c1-53(2)48-28-38(19-20-45(48)47-27-42-22-33(30-54)23-44(31-55)46(42)29-49(47)53)40-24-41(39-14-9-21-56-32-39)26-43(25-40)52-58-50(36-12-7-4-8-13-36)57-51(59-52)37-17-15-35(16-18-37)34-10-5-3-6-11-34/h3-29,32H,1-2H3. The number of fused-ring (bicyclic) bond motifs is 4. The Kier molecular flexibility index (Phi) is 8.48. The first kappa shape index (κ1) is 35.4.